The minimum atomic E-state index is 0.613. The zero-order chi connectivity index (χ0) is 10.5. The van der Waals surface area contributed by atoms with E-state index in [2.05, 4.69) is 26.0 Å². The lowest BCUT2D eigenvalue weighted by molar-refractivity contribution is -0.0825. The summed E-state index contributed by atoms with van der Waals surface area (Å²) in [5.74, 6) is 4.29. The van der Waals surface area contributed by atoms with E-state index in [9.17, 15) is 0 Å². The van der Waals surface area contributed by atoms with Crippen LogP contribution in [0.1, 0.15) is 52.4 Å². The number of allylic oxidation sites excluding steroid dienone is 2. The molecule has 0 N–H and O–H groups in total. The van der Waals surface area contributed by atoms with Gasteiger partial charge in [0, 0.05) is 0 Å². The van der Waals surface area contributed by atoms with Crippen molar-refractivity contribution < 1.29 is 0 Å². The first-order chi connectivity index (χ1) is 7.28. The first-order valence-electron chi connectivity index (χ1n) is 6.92. The van der Waals surface area contributed by atoms with Crippen LogP contribution in [-0.4, -0.2) is 0 Å². The zero-order valence-corrected chi connectivity index (χ0v) is 10.2. The number of rotatable bonds is 2. The first kappa shape index (κ1) is 9.93. The Morgan fingerprint density at radius 3 is 1.93 bits per heavy atom. The molecular weight excluding hydrogens is 180 g/mol. The summed E-state index contributed by atoms with van der Waals surface area (Å²) in [6, 6.07) is 0. The molecule has 0 unspecified atom stereocenters. The smallest absolute Gasteiger partial charge is 0.00641 e. The van der Waals surface area contributed by atoms with Crippen molar-refractivity contribution >= 4 is 0 Å². The third kappa shape index (κ3) is 1.26. The van der Waals surface area contributed by atoms with Crippen molar-refractivity contribution in [2.24, 2.45) is 29.1 Å². The molecule has 4 aliphatic carbocycles. The Kier molecular flexibility index (Phi) is 2.23. The molecule has 0 heteroatoms. The van der Waals surface area contributed by atoms with Crippen LogP contribution in [0.3, 0.4) is 0 Å². The van der Waals surface area contributed by atoms with Crippen LogP contribution in [0, 0.1) is 29.1 Å². The molecule has 0 aromatic heterocycles. The van der Waals surface area contributed by atoms with Gasteiger partial charge in [0.1, 0.15) is 0 Å². The average Bonchev–Trinajstić information content (AvgIpc) is 2.23. The van der Waals surface area contributed by atoms with Gasteiger partial charge in [0.2, 0.25) is 0 Å². The molecule has 0 aromatic carbocycles. The maximum Gasteiger partial charge on any atom is -0.00641 e. The lowest BCUT2D eigenvalue weighted by atomic mass is 9.44. The average molecular weight is 204 g/mol. The number of hydrogen-bond donors (Lipinski definition) is 0. The molecular formula is C15H24. The van der Waals surface area contributed by atoms with Gasteiger partial charge in [0.15, 0.2) is 0 Å². The molecule has 4 bridgehead atoms. The van der Waals surface area contributed by atoms with E-state index >= 15 is 0 Å². The summed E-state index contributed by atoms with van der Waals surface area (Å²) in [6.45, 7) is 4.63. The highest BCUT2D eigenvalue weighted by molar-refractivity contribution is 5.13. The fraction of sp³-hybridized carbons (Fsp3) is 0.867. The molecule has 0 saturated heterocycles. The maximum absolute atomic E-state index is 2.58. The Morgan fingerprint density at radius 2 is 1.53 bits per heavy atom. The molecule has 4 aliphatic rings. The minimum Gasteiger partial charge on any atom is -0.0911 e. The summed E-state index contributed by atoms with van der Waals surface area (Å²) in [6.07, 6.45) is 14.0. The Morgan fingerprint density at radius 1 is 1.00 bits per heavy atom. The predicted molar refractivity (Wildman–Crippen MR) is 64.6 cm³/mol. The zero-order valence-electron chi connectivity index (χ0n) is 10.2. The van der Waals surface area contributed by atoms with Crippen LogP contribution in [0.4, 0.5) is 0 Å². The van der Waals surface area contributed by atoms with Crippen molar-refractivity contribution in [2.75, 3.05) is 0 Å². The normalized spacial score (nSPS) is 52.9. The summed E-state index contributed by atoms with van der Waals surface area (Å²) >= 11 is 0. The Labute approximate surface area is 94.1 Å². The maximum atomic E-state index is 2.58. The van der Waals surface area contributed by atoms with Gasteiger partial charge in [-0.05, 0) is 74.5 Å². The van der Waals surface area contributed by atoms with E-state index in [1.54, 1.807) is 32.1 Å². The molecule has 4 rings (SSSR count). The van der Waals surface area contributed by atoms with Crippen LogP contribution in [0.5, 0.6) is 0 Å². The van der Waals surface area contributed by atoms with E-state index in [0.717, 1.165) is 23.7 Å². The topological polar surface area (TPSA) is 0 Å². The van der Waals surface area contributed by atoms with Crippen molar-refractivity contribution in [2.45, 2.75) is 52.4 Å². The molecule has 0 spiro atoms. The molecule has 0 nitrogen and oxygen atoms in total. The summed E-state index contributed by atoms with van der Waals surface area (Å²) in [7, 11) is 0. The van der Waals surface area contributed by atoms with Gasteiger partial charge in [0.05, 0.1) is 0 Å². The second kappa shape index (κ2) is 3.37. The van der Waals surface area contributed by atoms with Crippen molar-refractivity contribution in [3.05, 3.63) is 12.2 Å². The Bertz CT molecular complexity index is 246. The largest absolute Gasteiger partial charge is 0.0911 e. The summed E-state index contributed by atoms with van der Waals surface area (Å²) in [4.78, 5) is 0. The highest BCUT2D eigenvalue weighted by atomic mass is 14.6. The first-order valence-corrected chi connectivity index (χ1v) is 6.92. The van der Waals surface area contributed by atoms with Gasteiger partial charge in [-0.2, -0.15) is 0 Å². The van der Waals surface area contributed by atoms with E-state index < -0.39 is 0 Å². The van der Waals surface area contributed by atoms with E-state index in [1.165, 1.54) is 6.42 Å². The van der Waals surface area contributed by atoms with E-state index in [1.807, 2.05) is 0 Å². The lowest BCUT2D eigenvalue weighted by Gasteiger charge is -2.60. The summed E-state index contributed by atoms with van der Waals surface area (Å²) in [5, 5.41) is 0. The SMILES string of the molecule is CC=CC1(CC)C2CC3CC(C2)CC1C3. The van der Waals surface area contributed by atoms with Gasteiger partial charge in [-0.15, -0.1) is 0 Å². The molecule has 4 saturated carbocycles. The minimum absolute atomic E-state index is 0.613. The monoisotopic (exact) mass is 204 g/mol. The third-order valence-corrected chi connectivity index (χ3v) is 5.75. The number of hydrogen-bond acceptors (Lipinski definition) is 0. The van der Waals surface area contributed by atoms with Crippen LogP contribution in [0.25, 0.3) is 0 Å². The quantitative estimate of drug-likeness (QED) is 0.584. The van der Waals surface area contributed by atoms with E-state index in [4.69, 9.17) is 0 Å². The molecule has 15 heavy (non-hydrogen) atoms. The van der Waals surface area contributed by atoms with Gasteiger partial charge in [-0.3, -0.25) is 0 Å². The Balaban J connectivity index is 1.96. The molecule has 0 aromatic rings. The van der Waals surface area contributed by atoms with E-state index in [0.29, 0.717) is 5.41 Å². The molecule has 0 amide bonds. The van der Waals surface area contributed by atoms with Gasteiger partial charge < -0.3 is 0 Å². The van der Waals surface area contributed by atoms with Crippen molar-refractivity contribution in [1.82, 2.24) is 0 Å². The van der Waals surface area contributed by atoms with Gasteiger partial charge in [0.25, 0.3) is 0 Å². The van der Waals surface area contributed by atoms with Gasteiger partial charge >= 0.3 is 0 Å². The molecule has 0 aliphatic heterocycles. The molecule has 84 valence electrons. The molecule has 0 atom stereocenters. The highest BCUT2D eigenvalue weighted by Crippen LogP contribution is 2.63. The van der Waals surface area contributed by atoms with Crippen LogP contribution < -0.4 is 0 Å². The second-order valence-corrected chi connectivity index (χ2v) is 6.27. The van der Waals surface area contributed by atoms with Crippen LogP contribution in [0.2, 0.25) is 0 Å². The van der Waals surface area contributed by atoms with Gasteiger partial charge in [-0.1, -0.05) is 19.1 Å². The van der Waals surface area contributed by atoms with Crippen LogP contribution in [0.15, 0.2) is 12.2 Å². The fourth-order valence-corrected chi connectivity index (χ4v) is 5.34. The Hall–Kier alpha value is -0.260. The molecule has 0 heterocycles. The fourth-order valence-electron chi connectivity index (χ4n) is 5.34. The second-order valence-electron chi connectivity index (χ2n) is 6.27. The van der Waals surface area contributed by atoms with Gasteiger partial charge in [-0.25, -0.2) is 0 Å². The predicted octanol–water partition coefficient (Wildman–Crippen LogP) is 4.42. The highest BCUT2D eigenvalue weighted by Gasteiger charge is 2.54. The van der Waals surface area contributed by atoms with E-state index in [-0.39, 0.29) is 0 Å². The standard InChI is InChI=1S/C15H24/c1-3-5-15(4-2)13-7-11-6-12(9-13)10-14(15)8-11/h3,5,11-14H,4,6-10H2,1-2H3. The van der Waals surface area contributed by atoms with Crippen molar-refractivity contribution in [3.63, 3.8) is 0 Å². The van der Waals surface area contributed by atoms with Crippen molar-refractivity contribution in [3.8, 4) is 0 Å². The molecule has 0 radical (unpaired) electrons. The van der Waals surface area contributed by atoms with Crippen LogP contribution >= 0.6 is 0 Å². The summed E-state index contributed by atoms with van der Waals surface area (Å²) < 4.78 is 0. The third-order valence-electron chi connectivity index (χ3n) is 5.75. The molecule has 4 fully saturated rings. The van der Waals surface area contributed by atoms with Crippen LogP contribution in [-0.2, 0) is 0 Å². The lowest BCUT2D eigenvalue weighted by Crippen LogP contribution is -2.51. The van der Waals surface area contributed by atoms with Crippen molar-refractivity contribution in [1.29, 1.82) is 0 Å². The summed E-state index contributed by atoms with van der Waals surface area (Å²) in [5.41, 5.74) is 0.613.